The Morgan fingerprint density at radius 3 is 2.68 bits per heavy atom. The second kappa shape index (κ2) is 11.0. The molecule has 1 N–H and O–H groups in total. The van der Waals surface area contributed by atoms with Gasteiger partial charge in [0.15, 0.2) is 4.34 Å². The number of hydrogen-bond acceptors (Lipinski definition) is 9. The fourth-order valence-electron chi connectivity index (χ4n) is 4.97. The van der Waals surface area contributed by atoms with Crippen LogP contribution in [0.4, 0.5) is 9.52 Å². The number of nitrogens with zero attached hydrogens (tertiary/aromatic N) is 3. The first-order valence-corrected chi connectivity index (χ1v) is 14.6. The summed E-state index contributed by atoms with van der Waals surface area (Å²) in [6.45, 7) is 1.96. The summed E-state index contributed by atoms with van der Waals surface area (Å²) in [5.41, 5.74) is 2.37. The number of fused-ring (bicyclic) bond motifs is 1. The second-order valence-corrected chi connectivity index (χ2v) is 11.8. The van der Waals surface area contributed by atoms with E-state index < -0.39 is 17.7 Å². The maximum Gasteiger partial charge on any atom is 0.301 e. The second-order valence-electron chi connectivity index (χ2n) is 9.63. The number of amides is 1. The molecule has 0 radical (unpaired) electrons. The van der Waals surface area contributed by atoms with Gasteiger partial charge in [0.1, 0.15) is 29.2 Å². The maximum absolute atomic E-state index is 14.1. The van der Waals surface area contributed by atoms with E-state index in [1.54, 1.807) is 67.8 Å². The Morgan fingerprint density at radius 1 is 1.15 bits per heavy atom. The molecule has 0 spiro atoms. The van der Waals surface area contributed by atoms with Gasteiger partial charge in [-0.05, 0) is 60.0 Å². The molecule has 41 heavy (non-hydrogen) atoms. The van der Waals surface area contributed by atoms with Crippen molar-refractivity contribution in [3.63, 3.8) is 0 Å². The zero-order chi connectivity index (χ0) is 28.7. The predicted molar refractivity (Wildman–Crippen MR) is 154 cm³/mol. The molecule has 1 aromatic heterocycles. The summed E-state index contributed by atoms with van der Waals surface area (Å²) in [6, 6.07) is 17.7. The van der Waals surface area contributed by atoms with Gasteiger partial charge < -0.3 is 14.6 Å². The molecule has 1 amide bonds. The van der Waals surface area contributed by atoms with Crippen LogP contribution in [0.3, 0.4) is 0 Å². The molecule has 8 nitrogen and oxygen atoms in total. The number of ketones is 1. The van der Waals surface area contributed by atoms with Gasteiger partial charge in [0.25, 0.3) is 5.78 Å². The van der Waals surface area contributed by atoms with Crippen LogP contribution in [0.25, 0.3) is 5.76 Å². The van der Waals surface area contributed by atoms with Gasteiger partial charge in [-0.3, -0.25) is 14.5 Å². The Kier molecular flexibility index (Phi) is 7.22. The van der Waals surface area contributed by atoms with Gasteiger partial charge in [-0.1, -0.05) is 53.4 Å². The number of anilines is 1. The molecule has 11 heteroatoms. The molecule has 0 aliphatic carbocycles. The van der Waals surface area contributed by atoms with E-state index in [0.717, 1.165) is 22.6 Å². The molecule has 6 rings (SSSR count). The predicted octanol–water partition coefficient (Wildman–Crippen LogP) is 5.93. The third kappa shape index (κ3) is 5.07. The Labute approximate surface area is 243 Å². The molecular formula is C30H24FN3O5S2. The summed E-state index contributed by atoms with van der Waals surface area (Å²) >= 11 is 2.40. The Morgan fingerprint density at radius 2 is 1.93 bits per heavy atom. The van der Waals surface area contributed by atoms with Crippen LogP contribution in [-0.4, -0.2) is 40.2 Å². The van der Waals surface area contributed by atoms with Crippen molar-refractivity contribution in [3.05, 3.63) is 100 Å². The van der Waals surface area contributed by atoms with Gasteiger partial charge in [-0.25, -0.2) is 4.39 Å². The van der Waals surface area contributed by atoms with Crippen LogP contribution in [0, 0.1) is 5.82 Å². The number of ether oxygens (including phenoxy) is 2. The SMILES string of the molecule is COc1ccc(C2/C(=C(/O)c3ccc4c(c3)CC(C)O4)C(=O)C(=O)N2c2nnc(SCc3ccccc3F)s2)cc1. The van der Waals surface area contributed by atoms with Crippen molar-refractivity contribution in [3.8, 4) is 11.5 Å². The lowest BCUT2D eigenvalue weighted by Gasteiger charge is -2.22. The van der Waals surface area contributed by atoms with Gasteiger partial charge in [-0.2, -0.15) is 0 Å². The summed E-state index contributed by atoms with van der Waals surface area (Å²) in [5.74, 6) is -0.605. The van der Waals surface area contributed by atoms with Gasteiger partial charge in [0.05, 0.1) is 18.7 Å². The third-order valence-electron chi connectivity index (χ3n) is 6.96. The van der Waals surface area contributed by atoms with E-state index in [2.05, 4.69) is 10.2 Å². The van der Waals surface area contributed by atoms with Gasteiger partial charge in [0, 0.05) is 17.7 Å². The molecule has 1 fully saturated rings. The molecule has 208 valence electrons. The summed E-state index contributed by atoms with van der Waals surface area (Å²) in [6.07, 6.45) is 0.681. The smallest absolute Gasteiger partial charge is 0.301 e. The molecule has 2 aliphatic heterocycles. The van der Waals surface area contributed by atoms with E-state index in [1.807, 2.05) is 6.92 Å². The van der Waals surface area contributed by atoms with E-state index in [9.17, 15) is 19.1 Å². The number of rotatable bonds is 7. The van der Waals surface area contributed by atoms with Crippen molar-refractivity contribution in [1.82, 2.24) is 10.2 Å². The van der Waals surface area contributed by atoms with E-state index in [0.29, 0.717) is 39.0 Å². The number of benzene rings is 3. The minimum absolute atomic E-state index is 0.00938. The Hall–Kier alpha value is -4.22. The van der Waals surface area contributed by atoms with Crippen LogP contribution in [0.1, 0.15) is 35.2 Å². The number of Topliss-reactive ketones (excluding diaryl/α,β-unsaturated/α-hetero) is 1. The molecule has 3 heterocycles. The topological polar surface area (TPSA) is 102 Å². The highest BCUT2D eigenvalue weighted by Gasteiger charge is 2.48. The van der Waals surface area contributed by atoms with Crippen LogP contribution in [0.2, 0.25) is 0 Å². The number of thioether (sulfide) groups is 1. The fraction of sp³-hybridized carbons (Fsp3) is 0.200. The summed E-state index contributed by atoms with van der Waals surface area (Å²) < 4.78 is 25.7. The van der Waals surface area contributed by atoms with E-state index in [1.165, 1.54) is 22.7 Å². The quantitative estimate of drug-likeness (QED) is 0.0931. The average molecular weight is 590 g/mol. The molecule has 0 saturated carbocycles. The first-order valence-electron chi connectivity index (χ1n) is 12.8. The number of aromatic nitrogens is 2. The van der Waals surface area contributed by atoms with Gasteiger partial charge in [-0.15, -0.1) is 10.2 Å². The molecule has 3 aromatic carbocycles. The molecule has 2 atom stereocenters. The zero-order valence-electron chi connectivity index (χ0n) is 22.0. The summed E-state index contributed by atoms with van der Waals surface area (Å²) in [4.78, 5) is 28.3. The standard InChI is InChI=1S/C30H24FN3O5S2/c1-16-13-20-14-18(9-12-23(20)39-16)26(35)24-25(17-7-10-21(38-2)11-8-17)34(28(37)27(24)36)29-32-33-30(41-29)40-15-19-5-3-4-6-22(19)31/h3-12,14,16,25,35H,13,15H2,1-2H3/b26-24-. The number of carbonyl (C=O) groups is 2. The normalized spacial score (nSPS) is 19.3. The number of halogens is 1. The van der Waals surface area contributed by atoms with Crippen LogP contribution >= 0.6 is 23.1 Å². The Bertz CT molecular complexity index is 1690. The zero-order valence-corrected chi connectivity index (χ0v) is 23.7. The minimum atomic E-state index is -0.957. The molecule has 1 saturated heterocycles. The molecule has 4 aromatic rings. The van der Waals surface area contributed by atoms with Gasteiger partial charge >= 0.3 is 5.91 Å². The number of carbonyl (C=O) groups excluding carboxylic acids is 2. The number of methoxy groups -OCH3 is 1. The van der Waals surface area contributed by atoms with Crippen molar-refractivity contribution in [2.24, 2.45) is 0 Å². The fourth-order valence-corrected chi connectivity index (χ4v) is 6.82. The largest absolute Gasteiger partial charge is 0.507 e. The first-order chi connectivity index (χ1) is 19.8. The summed E-state index contributed by atoms with van der Waals surface area (Å²) in [7, 11) is 1.54. The van der Waals surface area contributed by atoms with Crippen LogP contribution in [-0.2, 0) is 21.8 Å². The van der Waals surface area contributed by atoms with E-state index in [-0.39, 0.29) is 28.4 Å². The van der Waals surface area contributed by atoms with Crippen LogP contribution in [0.15, 0.2) is 76.6 Å². The summed E-state index contributed by atoms with van der Waals surface area (Å²) in [5, 5.41) is 20.1. The maximum atomic E-state index is 14.1. The van der Waals surface area contributed by atoms with Crippen LogP contribution in [0.5, 0.6) is 11.5 Å². The average Bonchev–Trinajstić information content (AvgIpc) is 3.67. The van der Waals surface area contributed by atoms with Crippen molar-refractivity contribution in [2.75, 3.05) is 12.0 Å². The first kappa shape index (κ1) is 27.0. The van der Waals surface area contributed by atoms with E-state index >= 15 is 0 Å². The van der Waals surface area contributed by atoms with Crippen molar-refractivity contribution >= 4 is 45.7 Å². The third-order valence-corrected chi connectivity index (χ3v) is 9.06. The lowest BCUT2D eigenvalue weighted by molar-refractivity contribution is -0.132. The highest BCUT2D eigenvalue weighted by molar-refractivity contribution is 8.00. The highest BCUT2D eigenvalue weighted by atomic mass is 32.2. The molecule has 2 unspecified atom stereocenters. The van der Waals surface area contributed by atoms with E-state index in [4.69, 9.17) is 9.47 Å². The lowest BCUT2D eigenvalue weighted by atomic mass is 9.94. The monoisotopic (exact) mass is 589 g/mol. The number of hydrogen-bond donors (Lipinski definition) is 1. The lowest BCUT2D eigenvalue weighted by Crippen LogP contribution is -2.29. The molecule has 0 bridgehead atoms. The van der Waals surface area contributed by atoms with Gasteiger partial charge in [0.2, 0.25) is 5.13 Å². The van der Waals surface area contributed by atoms with Crippen molar-refractivity contribution in [1.29, 1.82) is 0 Å². The van der Waals surface area contributed by atoms with Crippen molar-refractivity contribution < 1.29 is 28.6 Å². The number of aliphatic hydroxyl groups is 1. The molecule has 2 aliphatic rings. The van der Waals surface area contributed by atoms with Crippen molar-refractivity contribution in [2.45, 2.75) is 35.6 Å². The number of aliphatic hydroxyl groups excluding tert-OH is 1. The molecular weight excluding hydrogens is 565 g/mol. The minimum Gasteiger partial charge on any atom is -0.507 e. The Balaban J connectivity index is 1.39. The highest BCUT2D eigenvalue weighted by Crippen LogP contribution is 2.45. The van der Waals surface area contributed by atoms with Crippen LogP contribution < -0.4 is 14.4 Å².